The topological polar surface area (TPSA) is 135 Å². The Bertz CT molecular complexity index is 1710. The Labute approximate surface area is 317 Å². The van der Waals surface area contributed by atoms with Crippen molar-refractivity contribution < 1.29 is 9.05 Å². The molecule has 2 aliphatic heterocycles. The lowest BCUT2D eigenvalue weighted by Gasteiger charge is -2.27. The van der Waals surface area contributed by atoms with Gasteiger partial charge in [-0.3, -0.25) is 0 Å². The summed E-state index contributed by atoms with van der Waals surface area (Å²) in [6, 6.07) is 21.6. The molecule has 6 rings (SSSR count). The van der Waals surface area contributed by atoms with Crippen LogP contribution in [0.4, 0.5) is 5.82 Å². The summed E-state index contributed by atoms with van der Waals surface area (Å²) in [7, 11) is 0. The maximum atomic E-state index is 6.12. The van der Waals surface area contributed by atoms with E-state index in [0.29, 0.717) is 36.1 Å². The molecule has 0 saturated carbocycles. The number of hydrogen-bond acceptors (Lipinski definition) is 6. The zero-order valence-corrected chi connectivity index (χ0v) is 32.8. The molecule has 1 atom stereocenters. The molecule has 0 spiro atoms. The molecule has 1 unspecified atom stereocenters. The first-order valence-electron chi connectivity index (χ1n) is 19.8. The molecule has 4 heterocycles. The third kappa shape index (κ3) is 12.8. The van der Waals surface area contributed by atoms with Crippen LogP contribution >= 0.6 is 0 Å². The van der Waals surface area contributed by atoms with Gasteiger partial charge in [0.05, 0.1) is 5.69 Å². The zero-order chi connectivity index (χ0) is 37.6. The van der Waals surface area contributed by atoms with Gasteiger partial charge in [-0.05, 0) is 91.9 Å². The summed E-state index contributed by atoms with van der Waals surface area (Å²) in [6.45, 7) is 15.5. The third-order valence-electron chi connectivity index (χ3n) is 10.0. The van der Waals surface area contributed by atoms with Crippen LogP contribution in [0.3, 0.4) is 0 Å². The van der Waals surface area contributed by atoms with Gasteiger partial charge in [-0.1, -0.05) is 93.5 Å². The van der Waals surface area contributed by atoms with E-state index in [1.807, 2.05) is 12.1 Å². The van der Waals surface area contributed by atoms with Crippen molar-refractivity contribution in [3.05, 3.63) is 100 Å². The van der Waals surface area contributed by atoms with Crippen LogP contribution in [0.2, 0.25) is 0 Å². The average Bonchev–Trinajstić information content (AvgIpc) is 3.84. The number of piperidine rings is 2. The van der Waals surface area contributed by atoms with Gasteiger partial charge in [0.15, 0.2) is 23.5 Å². The van der Waals surface area contributed by atoms with Gasteiger partial charge in [0, 0.05) is 50.7 Å². The van der Waals surface area contributed by atoms with Gasteiger partial charge in [-0.25, -0.2) is 4.99 Å². The monoisotopic (exact) mass is 722 g/mol. The van der Waals surface area contributed by atoms with E-state index in [0.717, 1.165) is 69.1 Å². The van der Waals surface area contributed by atoms with Crippen molar-refractivity contribution in [3.8, 4) is 0 Å². The van der Waals surface area contributed by atoms with Crippen LogP contribution in [0.15, 0.2) is 79.7 Å². The molecule has 2 aromatic carbocycles. The van der Waals surface area contributed by atoms with E-state index in [1.54, 1.807) is 0 Å². The van der Waals surface area contributed by atoms with Crippen LogP contribution in [0.5, 0.6) is 0 Å². The molecule has 0 amide bonds. The molecule has 0 radical (unpaired) electrons. The Balaban J connectivity index is 0.000000204. The van der Waals surface area contributed by atoms with Crippen LogP contribution in [0.25, 0.3) is 0 Å². The first kappa shape index (κ1) is 39.6. The maximum Gasteiger partial charge on any atom is 0.198 e. The molecule has 286 valence electrons. The molecule has 0 bridgehead atoms. The van der Waals surface area contributed by atoms with E-state index in [4.69, 9.17) is 20.5 Å². The molecule has 0 aliphatic carbocycles. The molecule has 53 heavy (non-hydrogen) atoms. The maximum absolute atomic E-state index is 6.12. The Hall–Kier alpha value is -4.60. The van der Waals surface area contributed by atoms with Gasteiger partial charge < -0.3 is 30.3 Å². The van der Waals surface area contributed by atoms with Crippen LogP contribution in [-0.4, -0.2) is 58.2 Å². The summed E-state index contributed by atoms with van der Waals surface area (Å²) < 4.78 is 10.9. The summed E-state index contributed by atoms with van der Waals surface area (Å²) in [5.74, 6) is 4.88. The lowest BCUT2D eigenvalue weighted by Crippen LogP contribution is -2.40. The number of benzene rings is 2. The molecule has 4 N–H and O–H groups in total. The zero-order valence-electron chi connectivity index (χ0n) is 32.8. The summed E-state index contributed by atoms with van der Waals surface area (Å²) in [5, 5.41) is 8.30. The number of likely N-dealkylation sites (tertiary alicyclic amines) is 2. The quantitative estimate of drug-likeness (QED) is 0.110. The van der Waals surface area contributed by atoms with Gasteiger partial charge in [0.25, 0.3) is 0 Å². The van der Waals surface area contributed by atoms with Gasteiger partial charge >= 0.3 is 0 Å². The fraction of sp³-hybridized carbons (Fsp3) is 0.535. The van der Waals surface area contributed by atoms with Crippen LogP contribution in [0.1, 0.15) is 119 Å². The molecule has 2 aromatic heterocycles. The molecule has 10 heteroatoms. The van der Waals surface area contributed by atoms with Crippen LogP contribution < -0.4 is 11.5 Å². The Morgan fingerprint density at radius 2 is 1.17 bits per heavy atom. The van der Waals surface area contributed by atoms with E-state index >= 15 is 0 Å². The number of nitrogens with zero attached hydrogens (tertiary/aromatic N) is 6. The van der Waals surface area contributed by atoms with Crippen LogP contribution in [-0.2, 0) is 32.2 Å². The number of rotatable bonds is 12. The van der Waals surface area contributed by atoms with E-state index < -0.39 is 0 Å². The summed E-state index contributed by atoms with van der Waals surface area (Å²) in [5.41, 5.74) is 18.5. The number of guanidine groups is 2. The smallest absolute Gasteiger partial charge is 0.198 e. The second-order valence-corrected chi connectivity index (χ2v) is 15.6. The average molecular weight is 723 g/mol. The van der Waals surface area contributed by atoms with Gasteiger partial charge in [0.1, 0.15) is 12.3 Å². The van der Waals surface area contributed by atoms with Crippen molar-refractivity contribution in [2.75, 3.05) is 26.2 Å². The third-order valence-corrected chi connectivity index (χ3v) is 10.0. The number of aromatic nitrogens is 2. The van der Waals surface area contributed by atoms with Crippen molar-refractivity contribution in [2.45, 2.75) is 111 Å². The standard InChI is InChI=1S/C22H32N4O.C21H30N4O/c1-16(2)13-18-7-9-19(10-8-18)17(3)21-14-20(27-25-21)15-24-22(23)26-11-5-4-6-12-26;1-16(2)14-18-8-6-17(7-9-18)10-11-19-15-20(24-26-19)23-21(22)25-12-4-3-5-13-25/h7-10,14,16-17H,4-6,11-13,15H2,1-3H3,(H2,23,24);6-9,15-16H,3-5,10-14H2,1-2H3,(H2,22,23,24). The second-order valence-electron chi connectivity index (χ2n) is 15.6. The number of nitrogens with two attached hydrogens (primary N) is 2. The van der Waals surface area contributed by atoms with E-state index in [9.17, 15) is 0 Å². The van der Waals surface area contributed by atoms with Crippen molar-refractivity contribution in [3.63, 3.8) is 0 Å². The highest BCUT2D eigenvalue weighted by atomic mass is 16.5. The van der Waals surface area contributed by atoms with Gasteiger partial charge in [-0.15, -0.1) is 0 Å². The molecule has 4 aromatic rings. The predicted octanol–water partition coefficient (Wildman–Crippen LogP) is 8.42. The Kier molecular flexibility index (Phi) is 15.0. The molecular formula is C43H62N8O2. The SMILES string of the molecule is CC(C)Cc1ccc(C(C)c2cc(CN=C(N)N3CCCCC3)on2)cc1.CC(C)Cc1ccc(CCc2cc(N=C(N)N3CCCCC3)no2)cc1. The first-order valence-corrected chi connectivity index (χ1v) is 19.8. The molecule has 2 saturated heterocycles. The highest BCUT2D eigenvalue weighted by molar-refractivity contribution is 5.80. The van der Waals surface area contributed by atoms with Crippen molar-refractivity contribution in [1.29, 1.82) is 0 Å². The first-order chi connectivity index (χ1) is 25.6. The fourth-order valence-electron chi connectivity index (χ4n) is 6.94. The summed E-state index contributed by atoms with van der Waals surface area (Å²) in [4.78, 5) is 13.2. The van der Waals surface area contributed by atoms with Crippen molar-refractivity contribution in [2.24, 2.45) is 33.3 Å². The molecule has 2 aliphatic rings. The minimum Gasteiger partial charge on any atom is -0.370 e. The predicted molar refractivity (Wildman–Crippen MR) is 215 cm³/mol. The highest BCUT2D eigenvalue weighted by Gasteiger charge is 2.16. The normalized spacial score (nSPS) is 16.2. The Morgan fingerprint density at radius 1 is 0.642 bits per heavy atom. The fourth-order valence-corrected chi connectivity index (χ4v) is 6.94. The Morgan fingerprint density at radius 3 is 1.75 bits per heavy atom. The van der Waals surface area contributed by atoms with E-state index in [1.165, 1.54) is 60.8 Å². The molecular weight excluding hydrogens is 661 g/mol. The van der Waals surface area contributed by atoms with E-state index in [-0.39, 0.29) is 5.92 Å². The second kappa shape index (κ2) is 20.0. The number of aliphatic imine (C=N–C) groups is 2. The molecule has 2 fully saturated rings. The minimum atomic E-state index is 0.194. The number of aryl methyl sites for hydroxylation is 2. The van der Waals surface area contributed by atoms with Crippen LogP contribution in [0, 0.1) is 11.8 Å². The minimum absolute atomic E-state index is 0.194. The van der Waals surface area contributed by atoms with Crippen molar-refractivity contribution in [1.82, 2.24) is 20.1 Å². The van der Waals surface area contributed by atoms with Gasteiger partial charge in [-0.2, -0.15) is 4.99 Å². The van der Waals surface area contributed by atoms with E-state index in [2.05, 4.69) is 113 Å². The summed E-state index contributed by atoms with van der Waals surface area (Å²) in [6.07, 6.45) is 11.3. The molecule has 10 nitrogen and oxygen atoms in total. The summed E-state index contributed by atoms with van der Waals surface area (Å²) >= 11 is 0. The van der Waals surface area contributed by atoms with Gasteiger partial charge in [0.2, 0.25) is 0 Å². The largest absolute Gasteiger partial charge is 0.370 e. The highest BCUT2D eigenvalue weighted by Crippen LogP contribution is 2.25. The van der Waals surface area contributed by atoms with Crippen molar-refractivity contribution >= 4 is 17.7 Å². The lowest BCUT2D eigenvalue weighted by molar-refractivity contribution is 0.336. The lowest BCUT2D eigenvalue weighted by atomic mass is 9.95. The number of hydrogen-bond donors (Lipinski definition) is 2.